The van der Waals surface area contributed by atoms with E-state index in [-0.39, 0.29) is 29.6 Å². The van der Waals surface area contributed by atoms with E-state index < -0.39 is 11.9 Å². The molecule has 0 aliphatic rings. The highest BCUT2D eigenvalue weighted by Crippen LogP contribution is 2.32. The summed E-state index contributed by atoms with van der Waals surface area (Å²) in [5.41, 5.74) is 2.63. The lowest BCUT2D eigenvalue weighted by molar-refractivity contribution is -0.115. The lowest BCUT2D eigenvalue weighted by Crippen LogP contribution is -2.17. The van der Waals surface area contributed by atoms with E-state index in [2.05, 4.69) is 11.4 Å². The first-order valence-electron chi connectivity index (χ1n) is 8.83. The lowest BCUT2D eigenvalue weighted by atomic mass is 10.1. The normalized spacial score (nSPS) is 10.1. The Balaban J connectivity index is 2.02. The van der Waals surface area contributed by atoms with Gasteiger partial charge in [0.15, 0.2) is 5.69 Å². The molecule has 0 fully saturated rings. The molecule has 1 amide bonds. The molecule has 0 aliphatic carbocycles. The van der Waals surface area contributed by atoms with Crippen molar-refractivity contribution in [2.75, 3.05) is 11.9 Å². The summed E-state index contributed by atoms with van der Waals surface area (Å²) in [7, 11) is 0. The minimum Gasteiger partial charge on any atom is -0.461 e. The van der Waals surface area contributed by atoms with Crippen molar-refractivity contribution in [3.8, 4) is 29.0 Å². The standard InChI is InChI=1S/C21H15ClN4O3S/c1-2-29-21(28)20-17(25-19(27)7-8-23)10-18(22)26(20)15-5-3-13(4-6-15)14-9-16(11-24)30-12-14/h3-6,9-10,12H,2,7H2,1H3,(H,25,27). The van der Waals surface area contributed by atoms with E-state index in [0.29, 0.717) is 10.6 Å². The summed E-state index contributed by atoms with van der Waals surface area (Å²) in [6.07, 6.45) is -0.356. The second-order valence-electron chi connectivity index (χ2n) is 6.03. The number of aromatic nitrogens is 1. The third-order valence-corrected chi connectivity index (χ3v) is 5.22. The molecule has 3 aromatic rings. The number of rotatable bonds is 6. The van der Waals surface area contributed by atoms with Gasteiger partial charge in [-0.25, -0.2) is 4.79 Å². The van der Waals surface area contributed by atoms with Crippen molar-refractivity contribution in [1.82, 2.24) is 4.57 Å². The summed E-state index contributed by atoms with van der Waals surface area (Å²) in [5.74, 6) is -1.21. The highest BCUT2D eigenvalue weighted by molar-refractivity contribution is 7.10. The summed E-state index contributed by atoms with van der Waals surface area (Å²) in [4.78, 5) is 25.1. The van der Waals surface area contributed by atoms with Crippen LogP contribution in [0, 0.1) is 22.7 Å². The molecule has 2 aromatic heterocycles. The summed E-state index contributed by atoms with van der Waals surface area (Å²) in [6.45, 7) is 1.82. The average Bonchev–Trinajstić information content (AvgIpc) is 3.33. The van der Waals surface area contributed by atoms with Gasteiger partial charge in [-0.1, -0.05) is 23.7 Å². The van der Waals surface area contributed by atoms with Crippen LogP contribution >= 0.6 is 22.9 Å². The number of benzene rings is 1. The largest absolute Gasteiger partial charge is 0.461 e. The van der Waals surface area contributed by atoms with E-state index in [9.17, 15) is 9.59 Å². The Labute approximate surface area is 181 Å². The van der Waals surface area contributed by atoms with Crippen LogP contribution in [0.3, 0.4) is 0 Å². The number of ether oxygens (including phenoxy) is 1. The van der Waals surface area contributed by atoms with E-state index >= 15 is 0 Å². The van der Waals surface area contributed by atoms with Gasteiger partial charge in [0.05, 0.1) is 18.4 Å². The average molecular weight is 439 g/mol. The zero-order valence-electron chi connectivity index (χ0n) is 15.8. The highest BCUT2D eigenvalue weighted by Gasteiger charge is 2.24. The van der Waals surface area contributed by atoms with Crippen LogP contribution in [0.1, 0.15) is 28.7 Å². The van der Waals surface area contributed by atoms with Crippen LogP contribution < -0.4 is 5.32 Å². The molecule has 1 N–H and O–H groups in total. The first-order chi connectivity index (χ1) is 14.5. The molecule has 3 rings (SSSR count). The minimum atomic E-state index is -0.655. The van der Waals surface area contributed by atoms with Crippen molar-refractivity contribution in [3.05, 3.63) is 57.5 Å². The molecule has 0 radical (unpaired) electrons. The predicted molar refractivity (Wildman–Crippen MR) is 114 cm³/mol. The highest BCUT2D eigenvalue weighted by atomic mass is 35.5. The minimum absolute atomic E-state index is 0.0585. The zero-order chi connectivity index (χ0) is 21.7. The maximum atomic E-state index is 12.6. The molecular formula is C21H15ClN4O3S. The molecule has 9 heteroatoms. The Morgan fingerprint density at radius 3 is 2.53 bits per heavy atom. The van der Waals surface area contributed by atoms with Crippen molar-refractivity contribution >= 4 is 40.5 Å². The van der Waals surface area contributed by atoms with Gasteiger partial charge in [-0.05, 0) is 47.7 Å². The first-order valence-corrected chi connectivity index (χ1v) is 10.1. The zero-order valence-corrected chi connectivity index (χ0v) is 17.4. The number of thiophene rings is 1. The van der Waals surface area contributed by atoms with E-state index in [1.807, 2.05) is 17.5 Å². The van der Waals surface area contributed by atoms with E-state index in [4.69, 9.17) is 26.9 Å². The van der Waals surface area contributed by atoms with Crippen LogP contribution in [0.4, 0.5) is 5.69 Å². The third kappa shape index (κ3) is 4.36. The van der Waals surface area contributed by atoms with Crippen molar-refractivity contribution in [1.29, 1.82) is 10.5 Å². The van der Waals surface area contributed by atoms with Crippen LogP contribution in [0.2, 0.25) is 5.15 Å². The number of carbonyl (C=O) groups is 2. The van der Waals surface area contributed by atoms with Gasteiger partial charge in [0.1, 0.15) is 22.5 Å². The van der Waals surface area contributed by atoms with E-state index in [0.717, 1.165) is 11.1 Å². The van der Waals surface area contributed by atoms with Crippen LogP contribution in [0.15, 0.2) is 41.8 Å². The Morgan fingerprint density at radius 1 is 1.20 bits per heavy atom. The number of halogens is 1. The molecule has 0 atom stereocenters. The number of esters is 1. The van der Waals surface area contributed by atoms with Crippen LogP contribution in [0.5, 0.6) is 0 Å². The lowest BCUT2D eigenvalue weighted by Gasteiger charge is -2.12. The smallest absolute Gasteiger partial charge is 0.357 e. The van der Waals surface area contributed by atoms with Gasteiger partial charge in [-0.15, -0.1) is 11.3 Å². The number of hydrogen-bond acceptors (Lipinski definition) is 6. The number of anilines is 1. The van der Waals surface area contributed by atoms with Crippen LogP contribution in [0.25, 0.3) is 16.8 Å². The van der Waals surface area contributed by atoms with Gasteiger partial charge in [0.2, 0.25) is 5.91 Å². The van der Waals surface area contributed by atoms with Crippen LogP contribution in [-0.4, -0.2) is 23.1 Å². The summed E-state index contributed by atoms with van der Waals surface area (Å²) in [5, 5.41) is 22.3. The second kappa shape index (κ2) is 9.27. The fourth-order valence-electron chi connectivity index (χ4n) is 2.84. The number of carbonyl (C=O) groups excluding carboxylic acids is 2. The fraction of sp³-hybridized carbons (Fsp3) is 0.143. The quantitative estimate of drug-likeness (QED) is 0.558. The third-order valence-electron chi connectivity index (χ3n) is 4.11. The van der Waals surface area contributed by atoms with Gasteiger partial charge >= 0.3 is 5.97 Å². The van der Waals surface area contributed by atoms with Gasteiger partial charge < -0.3 is 10.1 Å². The number of nitrogens with one attached hydrogen (secondary N) is 1. The molecule has 0 bridgehead atoms. The molecule has 7 nitrogen and oxygen atoms in total. The number of amides is 1. The number of nitriles is 2. The molecule has 150 valence electrons. The van der Waals surface area contributed by atoms with Crippen molar-refractivity contribution in [2.45, 2.75) is 13.3 Å². The SMILES string of the molecule is CCOC(=O)c1c(NC(=O)CC#N)cc(Cl)n1-c1ccc(-c2csc(C#N)c2)cc1. The first kappa shape index (κ1) is 21.1. The molecule has 2 heterocycles. The van der Waals surface area contributed by atoms with E-state index in [1.54, 1.807) is 31.2 Å². The van der Waals surface area contributed by atoms with Crippen molar-refractivity contribution in [2.24, 2.45) is 0 Å². The van der Waals surface area contributed by atoms with Crippen molar-refractivity contribution < 1.29 is 14.3 Å². The molecule has 0 spiro atoms. The summed E-state index contributed by atoms with van der Waals surface area (Å²) >= 11 is 7.73. The second-order valence-corrected chi connectivity index (χ2v) is 7.33. The van der Waals surface area contributed by atoms with Crippen molar-refractivity contribution in [3.63, 3.8) is 0 Å². The van der Waals surface area contributed by atoms with E-state index in [1.165, 1.54) is 22.0 Å². The molecule has 1 aromatic carbocycles. The molecule has 0 unspecified atom stereocenters. The van der Waals surface area contributed by atoms with Gasteiger partial charge in [-0.2, -0.15) is 10.5 Å². The Morgan fingerprint density at radius 2 is 1.93 bits per heavy atom. The maximum absolute atomic E-state index is 12.6. The summed E-state index contributed by atoms with van der Waals surface area (Å²) < 4.78 is 6.60. The molecule has 0 saturated carbocycles. The fourth-order valence-corrected chi connectivity index (χ4v) is 3.84. The number of nitrogens with zero attached hydrogens (tertiary/aromatic N) is 3. The Bertz CT molecular complexity index is 1180. The monoisotopic (exact) mass is 438 g/mol. The number of hydrogen-bond donors (Lipinski definition) is 1. The molecule has 30 heavy (non-hydrogen) atoms. The van der Waals surface area contributed by atoms with Gasteiger partial charge in [-0.3, -0.25) is 9.36 Å². The molecule has 0 aliphatic heterocycles. The summed E-state index contributed by atoms with van der Waals surface area (Å²) in [6, 6.07) is 14.3. The topological polar surface area (TPSA) is 108 Å². The Kier molecular flexibility index (Phi) is 6.53. The van der Waals surface area contributed by atoms with Crippen LogP contribution in [-0.2, 0) is 9.53 Å². The molecule has 0 saturated heterocycles. The Hall–Kier alpha value is -3.59. The van der Waals surface area contributed by atoms with Gasteiger partial charge in [0.25, 0.3) is 0 Å². The predicted octanol–water partition coefficient (Wildman–Crippen LogP) is 4.76. The maximum Gasteiger partial charge on any atom is 0.357 e. The van der Waals surface area contributed by atoms with Gasteiger partial charge in [0, 0.05) is 5.69 Å². The molecular weight excluding hydrogens is 424 g/mol.